The molecule has 66 valence electrons. The van der Waals surface area contributed by atoms with Crippen LogP contribution >= 0.6 is 0 Å². The average Bonchev–Trinajstić information content (AvgIpc) is 3.12. The molecule has 10 heterocycles. The fourth-order valence-electron chi connectivity index (χ4n) is 16.4. The van der Waals surface area contributed by atoms with Crippen molar-refractivity contribution in [3.8, 4) is 0 Å². The molecule has 10 saturated heterocycles. The monoisotopic (exact) mass is 211 g/mol. The van der Waals surface area contributed by atoms with Crippen LogP contribution in [0.3, 0.4) is 0 Å². The van der Waals surface area contributed by atoms with Crippen LogP contribution in [0, 0.1) is 6.57 Å². The quantitative estimate of drug-likeness (QED) is 0.428. The van der Waals surface area contributed by atoms with Crippen molar-refractivity contribution in [3.05, 3.63) is 11.4 Å². The molecule has 10 aliphatic rings. The Kier molecular flexibility index (Phi) is 0.0695. The molecule has 4 unspecified atom stereocenters. The number of rotatable bonds is 0. The van der Waals surface area contributed by atoms with Crippen LogP contribution in [0.5, 0.6) is 0 Å². The molecule has 0 saturated carbocycles. The standard InChI is InChI=1S/C6H4N.C5H5.Fe/c1-7-6-4-2-3-5-6;1-2-4-5-3-1;/h2-5H;1-5H;. The SMILES string of the molecule is [C-]#[N+][C]12[CH]3[CH]4[CH]5[CH]1[Fe]45321678[CH]2[CH]1[CH]6[CH]7[CH]28. The van der Waals surface area contributed by atoms with Crippen molar-refractivity contribution in [3.63, 3.8) is 0 Å². The molecular formula is C11H9FeN. The summed E-state index contributed by atoms with van der Waals surface area (Å²) in [5.74, 6) is 0. The van der Waals surface area contributed by atoms with Gasteiger partial charge in [0.25, 0.3) is 0 Å². The van der Waals surface area contributed by atoms with Crippen molar-refractivity contribution < 1.29 is 6.51 Å². The first-order chi connectivity index (χ1) is 6.11. The second kappa shape index (κ2) is 0.233. The zero-order valence-electron chi connectivity index (χ0n) is 7.00. The molecule has 2 heteroatoms. The molecule has 0 radical (unpaired) electrons. The van der Waals surface area contributed by atoms with E-state index in [1.807, 2.05) is 0 Å². The van der Waals surface area contributed by atoms with E-state index in [-0.39, 0.29) is 0 Å². The molecule has 4 atom stereocenters. The van der Waals surface area contributed by atoms with Crippen molar-refractivity contribution >= 4 is 0 Å². The number of hydrogen-bond donors (Lipinski definition) is 0. The molecule has 0 aliphatic carbocycles. The van der Waals surface area contributed by atoms with Gasteiger partial charge in [0.1, 0.15) is 0 Å². The van der Waals surface area contributed by atoms with Crippen LogP contribution in [0.4, 0.5) is 0 Å². The Morgan fingerprint density at radius 1 is 0.846 bits per heavy atom. The Labute approximate surface area is 66.0 Å². The van der Waals surface area contributed by atoms with Gasteiger partial charge in [-0.1, -0.05) is 0 Å². The van der Waals surface area contributed by atoms with E-state index in [1.165, 1.54) is 43.3 Å². The summed E-state index contributed by atoms with van der Waals surface area (Å²) >= 11 is 0. The van der Waals surface area contributed by atoms with Crippen LogP contribution in [-0.2, 0) is 6.51 Å². The Balaban J connectivity index is 2.16. The molecule has 10 aliphatic heterocycles. The molecule has 13 heavy (non-hydrogen) atoms. The van der Waals surface area contributed by atoms with Gasteiger partial charge in [-0.15, -0.1) is 0 Å². The third-order valence-electron chi connectivity index (χ3n) is 14.8. The van der Waals surface area contributed by atoms with Gasteiger partial charge in [0.2, 0.25) is 0 Å². The van der Waals surface area contributed by atoms with Gasteiger partial charge in [0.05, 0.1) is 0 Å². The van der Waals surface area contributed by atoms with E-state index in [4.69, 9.17) is 6.57 Å². The van der Waals surface area contributed by atoms with Crippen LogP contribution in [0.25, 0.3) is 4.85 Å². The van der Waals surface area contributed by atoms with Crippen molar-refractivity contribution in [1.29, 1.82) is 0 Å². The van der Waals surface area contributed by atoms with Gasteiger partial charge < -0.3 is 0 Å². The summed E-state index contributed by atoms with van der Waals surface area (Å²) < 4.78 is 0.527. The fraction of sp³-hybridized carbons (Fsp3) is 0.909. The first-order valence-electron chi connectivity index (χ1n) is 5.71. The maximum atomic E-state index is 7.70. The number of nitrogens with zero attached hydrogens (tertiary/aromatic N) is 1. The topological polar surface area (TPSA) is 4.36 Å². The average molecular weight is 211 g/mol. The number of fused-ring (bicyclic) bond motifs is 10. The zero-order valence-corrected chi connectivity index (χ0v) is 8.10. The summed E-state index contributed by atoms with van der Waals surface area (Å²) in [7, 11) is 0. The van der Waals surface area contributed by atoms with Gasteiger partial charge >= 0.3 is 65.7 Å². The van der Waals surface area contributed by atoms with Gasteiger partial charge in [0, 0.05) is 0 Å². The summed E-state index contributed by atoms with van der Waals surface area (Å²) in [5, 5.41) is 0. The van der Waals surface area contributed by atoms with Gasteiger partial charge in [0.15, 0.2) is 0 Å². The Morgan fingerprint density at radius 2 is 1.31 bits per heavy atom. The van der Waals surface area contributed by atoms with E-state index in [0.29, 0.717) is 4.44 Å². The molecule has 0 aromatic rings. The van der Waals surface area contributed by atoms with E-state index in [1.54, 1.807) is 0 Å². The molecule has 0 aromatic carbocycles. The van der Waals surface area contributed by atoms with Crippen LogP contribution < -0.4 is 0 Å². The normalized spacial score (nSPS) is 151. The van der Waals surface area contributed by atoms with Crippen LogP contribution in [0.15, 0.2) is 0 Å². The summed E-state index contributed by atoms with van der Waals surface area (Å²) in [6, 6.07) is 0. The van der Waals surface area contributed by atoms with Crippen molar-refractivity contribution in [2.24, 2.45) is 0 Å². The summed E-state index contributed by atoms with van der Waals surface area (Å²) in [6.45, 7) is 4.84. The zero-order chi connectivity index (χ0) is 7.72. The van der Waals surface area contributed by atoms with Crippen molar-refractivity contribution in [2.45, 2.75) is 47.8 Å². The maximum absolute atomic E-state index is 7.70. The second-order valence-corrected chi connectivity index (χ2v) is 33.3. The summed E-state index contributed by atoms with van der Waals surface area (Å²) in [4.78, 5) is 16.2. The molecule has 1 spiro atoms. The number of hydrogen-bond acceptors (Lipinski definition) is 0. The second-order valence-electron chi connectivity index (χ2n) is 9.75. The molecule has 10 rings (SSSR count). The molecule has 0 bridgehead atoms. The first kappa shape index (κ1) is 3.87. The predicted molar refractivity (Wildman–Crippen MR) is 43.1 cm³/mol. The minimum atomic E-state index is -2.86. The third-order valence-corrected chi connectivity index (χ3v) is 56.8. The minimum absolute atomic E-state index is 0.527. The third kappa shape index (κ3) is 0.0258. The Morgan fingerprint density at radius 3 is 1.38 bits per heavy atom. The van der Waals surface area contributed by atoms with Crippen LogP contribution in [-0.4, -0.2) is 4.44 Å². The van der Waals surface area contributed by atoms with Crippen LogP contribution in [0.2, 0.25) is 43.3 Å². The van der Waals surface area contributed by atoms with Crippen LogP contribution in [0.1, 0.15) is 0 Å². The molecule has 1 nitrogen and oxygen atoms in total. The fourth-order valence-corrected chi connectivity index (χ4v) is 88.8. The molecule has 0 N–H and O–H groups in total. The van der Waals surface area contributed by atoms with Gasteiger partial charge in [-0.2, -0.15) is 0 Å². The van der Waals surface area contributed by atoms with E-state index in [0.717, 1.165) is 0 Å². The van der Waals surface area contributed by atoms with Crippen molar-refractivity contribution in [1.82, 2.24) is 0 Å². The molecular weight excluding hydrogens is 202 g/mol. The summed E-state index contributed by atoms with van der Waals surface area (Å²) in [6.07, 6.45) is 0. The van der Waals surface area contributed by atoms with E-state index >= 15 is 0 Å². The molecule has 10 fully saturated rings. The predicted octanol–water partition coefficient (Wildman–Crippen LogP) is 3.20. The van der Waals surface area contributed by atoms with Gasteiger partial charge in [-0.25, -0.2) is 0 Å². The molecule has 0 amide bonds. The Bertz CT molecular complexity index is 839. The van der Waals surface area contributed by atoms with E-state index in [2.05, 4.69) is 4.85 Å². The summed E-state index contributed by atoms with van der Waals surface area (Å²) in [5.41, 5.74) is 0. The molecule has 0 aromatic heterocycles. The van der Waals surface area contributed by atoms with Gasteiger partial charge in [-0.05, 0) is 0 Å². The Hall–Kier alpha value is 0.00948. The van der Waals surface area contributed by atoms with Gasteiger partial charge in [-0.3, -0.25) is 0 Å². The first-order valence-corrected chi connectivity index (χ1v) is 12.0. The van der Waals surface area contributed by atoms with E-state index < -0.39 is 6.51 Å². The van der Waals surface area contributed by atoms with E-state index in [9.17, 15) is 0 Å². The van der Waals surface area contributed by atoms with Crippen molar-refractivity contribution in [2.75, 3.05) is 0 Å².